The van der Waals surface area contributed by atoms with Gasteiger partial charge in [-0.3, -0.25) is 9.69 Å². The molecule has 3 fully saturated rings. The quantitative estimate of drug-likeness (QED) is 0.892. The van der Waals surface area contributed by atoms with E-state index in [1.807, 2.05) is 24.9 Å². The van der Waals surface area contributed by atoms with Crippen LogP contribution in [0.2, 0.25) is 0 Å². The molecular weight excluding hydrogens is 318 g/mol. The number of rotatable bonds is 3. The maximum absolute atomic E-state index is 13.4. The SMILES string of the molecule is CC(C)n1cc(C2(O)CCCN(C(=O)C34CCCN3CCC4)C2)nn1. The standard InChI is InChI=1S/C18H29N5O2/c1-14(2)23-12-15(19-20-23)18(25)8-5-9-21(13-18)16(24)17-6-3-10-22(17)11-4-7-17/h12,14,25H,3-11,13H2,1-2H3. The van der Waals surface area contributed by atoms with Crippen LogP contribution in [0.15, 0.2) is 6.20 Å². The van der Waals surface area contributed by atoms with Crippen molar-refractivity contribution in [3.63, 3.8) is 0 Å². The van der Waals surface area contributed by atoms with Crippen LogP contribution in [0, 0.1) is 0 Å². The summed E-state index contributed by atoms with van der Waals surface area (Å²) in [6.07, 6.45) is 7.39. The van der Waals surface area contributed by atoms with Gasteiger partial charge in [0.1, 0.15) is 16.8 Å². The van der Waals surface area contributed by atoms with Gasteiger partial charge in [0.25, 0.3) is 0 Å². The number of fused-ring (bicyclic) bond motifs is 1. The third-order valence-electron chi connectivity index (χ3n) is 6.31. The molecule has 1 amide bonds. The van der Waals surface area contributed by atoms with E-state index in [-0.39, 0.29) is 17.5 Å². The van der Waals surface area contributed by atoms with Crippen molar-refractivity contribution in [2.24, 2.45) is 0 Å². The van der Waals surface area contributed by atoms with E-state index in [0.29, 0.717) is 18.7 Å². The highest BCUT2D eigenvalue weighted by Gasteiger charge is 2.53. The molecule has 1 atom stereocenters. The Balaban J connectivity index is 1.55. The fourth-order valence-corrected chi connectivity index (χ4v) is 4.91. The van der Waals surface area contributed by atoms with Crippen LogP contribution in [-0.2, 0) is 10.4 Å². The number of aromatic nitrogens is 3. The molecule has 138 valence electrons. The number of carbonyl (C=O) groups is 1. The van der Waals surface area contributed by atoms with Crippen LogP contribution in [0.5, 0.6) is 0 Å². The van der Waals surface area contributed by atoms with Crippen molar-refractivity contribution >= 4 is 5.91 Å². The van der Waals surface area contributed by atoms with Gasteiger partial charge in [-0.15, -0.1) is 5.10 Å². The molecule has 25 heavy (non-hydrogen) atoms. The van der Waals surface area contributed by atoms with Gasteiger partial charge in [-0.1, -0.05) is 5.21 Å². The molecule has 4 rings (SSSR count). The number of nitrogens with zero attached hydrogens (tertiary/aromatic N) is 5. The second-order valence-corrected chi connectivity index (χ2v) is 8.27. The first kappa shape index (κ1) is 17.0. The first-order valence-corrected chi connectivity index (χ1v) is 9.64. The Morgan fingerprint density at radius 3 is 2.48 bits per heavy atom. The van der Waals surface area contributed by atoms with Gasteiger partial charge in [0.15, 0.2) is 0 Å². The van der Waals surface area contributed by atoms with Crippen molar-refractivity contribution in [2.45, 2.75) is 69.6 Å². The molecule has 0 radical (unpaired) electrons. The number of hydrogen-bond donors (Lipinski definition) is 1. The summed E-state index contributed by atoms with van der Waals surface area (Å²) in [5.74, 6) is 0.219. The summed E-state index contributed by atoms with van der Waals surface area (Å²) in [5.41, 5.74) is -0.793. The zero-order valence-electron chi connectivity index (χ0n) is 15.3. The molecule has 1 aromatic rings. The minimum Gasteiger partial charge on any atom is -0.382 e. The van der Waals surface area contributed by atoms with Crippen LogP contribution < -0.4 is 0 Å². The largest absolute Gasteiger partial charge is 0.382 e. The number of β-amino-alcohol motifs (C(OH)–C–C–N with tert-alkyl or cyclic N) is 1. The molecule has 7 nitrogen and oxygen atoms in total. The van der Waals surface area contributed by atoms with Crippen LogP contribution in [0.3, 0.4) is 0 Å². The summed E-state index contributed by atoms with van der Waals surface area (Å²) in [5, 5.41) is 19.5. The summed E-state index contributed by atoms with van der Waals surface area (Å²) < 4.78 is 1.77. The third-order valence-corrected chi connectivity index (χ3v) is 6.31. The van der Waals surface area contributed by atoms with Crippen LogP contribution in [0.4, 0.5) is 0 Å². The topological polar surface area (TPSA) is 74.5 Å². The molecule has 4 heterocycles. The van der Waals surface area contributed by atoms with E-state index in [0.717, 1.165) is 51.7 Å². The van der Waals surface area contributed by atoms with Gasteiger partial charge in [-0.2, -0.15) is 0 Å². The third kappa shape index (κ3) is 2.68. The minimum absolute atomic E-state index is 0.204. The highest BCUT2D eigenvalue weighted by molar-refractivity contribution is 5.87. The second-order valence-electron chi connectivity index (χ2n) is 8.27. The van der Waals surface area contributed by atoms with E-state index in [1.54, 1.807) is 4.68 Å². The molecule has 3 aliphatic rings. The number of carbonyl (C=O) groups excluding carboxylic acids is 1. The van der Waals surface area contributed by atoms with Gasteiger partial charge >= 0.3 is 0 Å². The molecule has 0 bridgehead atoms. The summed E-state index contributed by atoms with van der Waals surface area (Å²) in [6.45, 7) is 7.20. The molecule has 0 aliphatic carbocycles. The summed E-state index contributed by atoms with van der Waals surface area (Å²) in [4.78, 5) is 17.6. The van der Waals surface area contributed by atoms with Gasteiger partial charge in [-0.05, 0) is 65.5 Å². The van der Waals surface area contributed by atoms with Gasteiger partial charge < -0.3 is 10.0 Å². The summed E-state index contributed by atoms with van der Waals surface area (Å²) >= 11 is 0. The zero-order chi connectivity index (χ0) is 17.7. The smallest absolute Gasteiger partial charge is 0.243 e. The van der Waals surface area contributed by atoms with Crippen molar-refractivity contribution in [1.82, 2.24) is 24.8 Å². The Labute approximate surface area is 149 Å². The molecule has 0 saturated carbocycles. The Hall–Kier alpha value is -1.47. The fraction of sp³-hybridized carbons (Fsp3) is 0.833. The van der Waals surface area contributed by atoms with Crippen molar-refractivity contribution in [2.75, 3.05) is 26.2 Å². The van der Waals surface area contributed by atoms with Gasteiger partial charge in [0.2, 0.25) is 5.91 Å². The lowest BCUT2D eigenvalue weighted by Gasteiger charge is -2.42. The predicted molar refractivity (Wildman–Crippen MR) is 92.9 cm³/mol. The van der Waals surface area contributed by atoms with E-state index in [4.69, 9.17) is 0 Å². The molecule has 7 heteroatoms. The van der Waals surface area contributed by atoms with Gasteiger partial charge in [-0.25, -0.2) is 4.68 Å². The normalized spacial score (nSPS) is 29.4. The van der Waals surface area contributed by atoms with Crippen LogP contribution in [0.1, 0.15) is 64.1 Å². The Morgan fingerprint density at radius 2 is 1.84 bits per heavy atom. The number of aliphatic hydroxyl groups is 1. The molecule has 3 aliphatic heterocycles. The molecule has 0 spiro atoms. The predicted octanol–water partition coefficient (Wildman–Crippen LogP) is 1.30. The van der Waals surface area contributed by atoms with Gasteiger partial charge in [0.05, 0.1) is 12.7 Å². The number of amides is 1. The Morgan fingerprint density at radius 1 is 1.16 bits per heavy atom. The Kier molecular flexibility index (Phi) is 4.11. The van der Waals surface area contributed by atoms with Crippen LogP contribution >= 0.6 is 0 Å². The molecule has 1 unspecified atom stereocenters. The van der Waals surface area contributed by atoms with E-state index >= 15 is 0 Å². The molecule has 1 aromatic heterocycles. The van der Waals surface area contributed by atoms with Crippen LogP contribution in [-0.4, -0.2) is 67.5 Å². The Bertz CT molecular complexity index is 648. The fourth-order valence-electron chi connectivity index (χ4n) is 4.91. The average Bonchev–Trinajstić information content (AvgIpc) is 3.29. The van der Waals surface area contributed by atoms with Crippen molar-refractivity contribution < 1.29 is 9.90 Å². The number of hydrogen-bond acceptors (Lipinski definition) is 5. The molecule has 1 N–H and O–H groups in total. The lowest BCUT2D eigenvalue weighted by molar-refractivity contribution is -0.149. The minimum atomic E-state index is -1.08. The number of piperidine rings is 1. The molecule has 0 aromatic carbocycles. The van der Waals surface area contributed by atoms with Crippen molar-refractivity contribution in [3.8, 4) is 0 Å². The first-order valence-electron chi connectivity index (χ1n) is 9.64. The lowest BCUT2D eigenvalue weighted by atomic mass is 9.86. The highest BCUT2D eigenvalue weighted by atomic mass is 16.3. The monoisotopic (exact) mass is 347 g/mol. The van der Waals surface area contributed by atoms with E-state index < -0.39 is 5.60 Å². The lowest BCUT2D eigenvalue weighted by Crippen LogP contribution is -2.58. The van der Waals surface area contributed by atoms with Crippen molar-refractivity contribution in [3.05, 3.63) is 11.9 Å². The van der Waals surface area contributed by atoms with E-state index in [2.05, 4.69) is 15.2 Å². The zero-order valence-corrected chi connectivity index (χ0v) is 15.3. The summed E-state index contributed by atoms with van der Waals surface area (Å²) in [7, 11) is 0. The van der Waals surface area contributed by atoms with Crippen molar-refractivity contribution in [1.29, 1.82) is 0 Å². The first-order chi connectivity index (χ1) is 11.9. The average molecular weight is 347 g/mol. The number of likely N-dealkylation sites (tertiary alicyclic amines) is 1. The molecule has 3 saturated heterocycles. The maximum Gasteiger partial charge on any atom is 0.243 e. The van der Waals surface area contributed by atoms with Crippen LogP contribution in [0.25, 0.3) is 0 Å². The van der Waals surface area contributed by atoms with Gasteiger partial charge in [0, 0.05) is 12.6 Å². The van der Waals surface area contributed by atoms with E-state index in [1.165, 1.54) is 0 Å². The second kappa shape index (κ2) is 6.06. The molecular formula is C18H29N5O2. The van der Waals surface area contributed by atoms with E-state index in [9.17, 15) is 9.90 Å². The summed E-state index contributed by atoms with van der Waals surface area (Å²) in [6, 6.07) is 0.204. The highest BCUT2D eigenvalue weighted by Crippen LogP contribution is 2.41. The maximum atomic E-state index is 13.4.